The zero-order valence-electron chi connectivity index (χ0n) is 9.95. The summed E-state index contributed by atoms with van der Waals surface area (Å²) in [4.78, 5) is 11.5. The fourth-order valence-electron chi connectivity index (χ4n) is 3.22. The molecule has 1 saturated heterocycles. The summed E-state index contributed by atoms with van der Waals surface area (Å²) < 4.78 is 5.23. The molecule has 2 fully saturated rings. The van der Waals surface area contributed by atoms with Gasteiger partial charge >= 0.3 is 5.97 Å². The van der Waals surface area contributed by atoms with Crippen molar-refractivity contribution >= 4 is 5.97 Å². The quantitative estimate of drug-likeness (QED) is 0.750. The maximum atomic E-state index is 11.5. The first-order chi connectivity index (χ1) is 7.31. The van der Waals surface area contributed by atoms with E-state index in [0.717, 1.165) is 6.42 Å². The van der Waals surface area contributed by atoms with Gasteiger partial charge in [0.2, 0.25) is 0 Å². The molecule has 0 amide bonds. The fourth-order valence-corrected chi connectivity index (χ4v) is 3.22. The molecular formula is C12H20O4. The molecule has 4 nitrogen and oxygen atoms in total. The van der Waals surface area contributed by atoms with Crippen LogP contribution in [-0.2, 0) is 9.53 Å². The molecule has 0 bridgehead atoms. The van der Waals surface area contributed by atoms with Crippen LogP contribution in [0.2, 0.25) is 0 Å². The van der Waals surface area contributed by atoms with Crippen LogP contribution >= 0.6 is 0 Å². The molecule has 1 heterocycles. The largest absolute Gasteiger partial charge is 0.481 e. The third-order valence-corrected chi connectivity index (χ3v) is 4.31. The van der Waals surface area contributed by atoms with Crippen LogP contribution in [0, 0.1) is 10.8 Å². The summed E-state index contributed by atoms with van der Waals surface area (Å²) in [6, 6.07) is 0. The van der Waals surface area contributed by atoms with Crippen molar-refractivity contribution in [1.82, 2.24) is 0 Å². The van der Waals surface area contributed by atoms with Crippen molar-refractivity contribution < 1.29 is 19.7 Å². The Morgan fingerprint density at radius 1 is 1.25 bits per heavy atom. The summed E-state index contributed by atoms with van der Waals surface area (Å²) in [5.74, 6) is -0.912. The van der Waals surface area contributed by atoms with Gasteiger partial charge in [0.1, 0.15) is 5.41 Å². The number of carboxylic acids is 1. The second-order valence-corrected chi connectivity index (χ2v) is 6.06. The van der Waals surface area contributed by atoms with Gasteiger partial charge in [-0.3, -0.25) is 4.79 Å². The number of aliphatic hydroxyl groups is 1. The van der Waals surface area contributed by atoms with Crippen LogP contribution < -0.4 is 0 Å². The Hall–Kier alpha value is -0.610. The minimum absolute atomic E-state index is 0.0276. The zero-order chi connectivity index (χ0) is 12.0. The lowest BCUT2D eigenvalue weighted by atomic mass is 9.69. The Labute approximate surface area is 95.6 Å². The van der Waals surface area contributed by atoms with Gasteiger partial charge in [0.15, 0.2) is 0 Å². The van der Waals surface area contributed by atoms with E-state index in [1.54, 1.807) is 0 Å². The Morgan fingerprint density at radius 2 is 1.94 bits per heavy atom. The second-order valence-electron chi connectivity index (χ2n) is 6.06. The smallest absolute Gasteiger partial charge is 0.315 e. The first-order valence-corrected chi connectivity index (χ1v) is 5.85. The second kappa shape index (κ2) is 3.44. The Balaban J connectivity index is 2.31. The number of ether oxygens (including phenoxy) is 1. The van der Waals surface area contributed by atoms with Gasteiger partial charge in [0.25, 0.3) is 0 Å². The maximum Gasteiger partial charge on any atom is 0.315 e. The number of rotatable bonds is 2. The SMILES string of the molecule is CC1(C)CCC(O)(C2(C(=O)O)CCOC2)C1. The molecule has 2 unspecified atom stereocenters. The molecule has 2 aliphatic rings. The van der Waals surface area contributed by atoms with Crippen molar-refractivity contribution in [1.29, 1.82) is 0 Å². The van der Waals surface area contributed by atoms with Crippen molar-refractivity contribution in [3.63, 3.8) is 0 Å². The van der Waals surface area contributed by atoms with E-state index in [-0.39, 0.29) is 12.0 Å². The molecule has 16 heavy (non-hydrogen) atoms. The van der Waals surface area contributed by atoms with E-state index in [1.165, 1.54) is 0 Å². The van der Waals surface area contributed by atoms with E-state index in [1.807, 2.05) is 0 Å². The Morgan fingerprint density at radius 3 is 2.31 bits per heavy atom. The summed E-state index contributed by atoms with van der Waals surface area (Å²) >= 11 is 0. The lowest BCUT2D eigenvalue weighted by molar-refractivity contribution is -0.170. The standard InChI is InChI=1S/C12H20O4/c1-10(2)3-4-12(15,7-10)11(9(13)14)5-6-16-8-11/h15H,3-8H2,1-2H3,(H,13,14). The van der Waals surface area contributed by atoms with Crippen molar-refractivity contribution in [3.05, 3.63) is 0 Å². The van der Waals surface area contributed by atoms with Gasteiger partial charge in [-0.15, -0.1) is 0 Å². The first kappa shape index (κ1) is 11.9. The number of aliphatic carboxylic acids is 1. The molecule has 0 aromatic carbocycles. The molecule has 2 atom stereocenters. The highest BCUT2D eigenvalue weighted by Gasteiger charge is 2.61. The van der Waals surface area contributed by atoms with Gasteiger partial charge in [-0.05, 0) is 31.1 Å². The minimum atomic E-state index is -1.10. The molecule has 1 saturated carbocycles. The molecule has 4 heteroatoms. The van der Waals surface area contributed by atoms with E-state index in [2.05, 4.69) is 13.8 Å². The van der Waals surface area contributed by atoms with Crippen LogP contribution in [0.15, 0.2) is 0 Å². The van der Waals surface area contributed by atoms with E-state index in [0.29, 0.717) is 25.9 Å². The highest BCUT2D eigenvalue weighted by molar-refractivity contribution is 5.77. The maximum absolute atomic E-state index is 11.5. The van der Waals surface area contributed by atoms with Gasteiger partial charge in [-0.25, -0.2) is 0 Å². The molecular weight excluding hydrogens is 208 g/mol. The van der Waals surface area contributed by atoms with Gasteiger partial charge in [0, 0.05) is 6.61 Å². The van der Waals surface area contributed by atoms with Gasteiger partial charge in [0.05, 0.1) is 12.2 Å². The molecule has 1 aliphatic heterocycles. The third-order valence-electron chi connectivity index (χ3n) is 4.31. The van der Waals surface area contributed by atoms with Gasteiger partial charge in [-0.2, -0.15) is 0 Å². The number of carboxylic acid groups (broad SMARTS) is 1. The average Bonchev–Trinajstić information content (AvgIpc) is 2.72. The predicted molar refractivity (Wildman–Crippen MR) is 58.1 cm³/mol. The monoisotopic (exact) mass is 228 g/mol. The highest BCUT2D eigenvalue weighted by atomic mass is 16.5. The molecule has 1 aliphatic carbocycles. The van der Waals surface area contributed by atoms with Crippen LogP contribution in [-0.4, -0.2) is 35.0 Å². The summed E-state index contributed by atoms with van der Waals surface area (Å²) in [5, 5.41) is 20.1. The Kier molecular flexibility index (Phi) is 2.55. The van der Waals surface area contributed by atoms with E-state index in [9.17, 15) is 15.0 Å². The van der Waals surface area contributed by atoms with E-state index >= 15 is 0 Å². The number of hydrogen-bond donors (Lipinski definition) is 2. The van der Waals surface area contributed by atoms with Crippen molar-refractivity contribution in [2.45, 2.75) is 45.1 Å². The van der Waals surface area contributed by atoms with Crippen LogP contribution in [0.3, 0.4) is 0 Å². The molecule has 92 valence electrons. The molecule has 0 spiro atoms. The predicted octanol–water partition coefficient (Wildman–Crippen LogP) is 1.42. The van der Waals surface area contributed by atoms with Crippen molar-refractivity contribution in [2.24, 2.45) is 10.8 Å². The summed E-state index contributed by atoms with van der Waals surface area (Å²) in [6.07, 6.45) is 2.42. The third kappa shape index (κ3) is 1.55. The Bertz CT molecular complexity index is 304. The van der Waals surface area contributed by atoms with Crippen LogP contribution in [0.1, 0.15) is 39.5 Å². The zero-order valence-corrected chi connectivity index (χ0v) is 9.95. The average molecular weight is 228 g/mol. The summed E-state index contributed by atoms with van der Waals surface area (Å²) in [5.41, 5.74) is -2.15. The summed E-state index contributed by atoms with van der Waals surface area (Å²) in [6.45, 7) is 4.75. The lowest BCUT2D eigenvalue weighted by Crippen LogP contribution is -2.52. The van der Waals surface area contributed by atoms with Gasteiger partial charge in [-0.1, -0.05) is 13.8 Å². The summed E-state index contributed by atoms with van der Waals surface area (Å²) in [7, 11) is 0. The fraction of sp³-hybridized carbons (Fsp3) is 0.917. The topological polar surface area (TPSA) is 66.8 Å². The van der Waals surface area contributed by atoms with Crippen molar-refractivity contribution in [3.8, 4) is 0 Å². The normalized spacial score (nSPS) is 42.4. The highest BCUT2D eigenvalue weighted by Crippen LogP contribution is 2.54. The minimum Gasteiger partial charge on any atom is -0.481 e. The van der Waals surface area contributed by atoms with E-state index < -0.39 is 17.0 Å². The molecule has 0 radical (unpaired) electrons. The number of carbonyl (C=O) groups is 1. The van der Waals surface area contributed by atoms with Gasteiger partial charge < -0.3 is 14.9 Å². The lowest BCUT2D eigenvalue weighted by Gasteiger charge is -2.39. The molecule has 0 aromatic rings. The molecule has 0 aromatic heterocycles. The van der Waals surface area contributed by atoms with Crippen molar-refractivity contribution in [2.75, 3.05) is 13.2 Å². The van der Waals surface area contributed by atoms with Crippen LogP contribution in [0.25, 0.3) is 0 Å². The molecule has 2 N–H and O–H groups in total. The number of hydrogen-bond acceptors (Lipinski definition) is 3. The van der Waals surface area contributed by atoms with E-state index in [4.69, 9.17) is 4.74 Å². The first-order valence-electron chi connectivity index (χ1n) is 5.85. The van der Waals surface area contributed by atoms with Crippen LogP contribution in [0.5, 0.6) is 0 Å². The molecule has 2 rings (SSSR count). The van der Waals surface area contributed by atoms with Crippen LogP contribution in [0.4, 0.5) is 0 Å².